The third kappa shape index (κ3) is 3.81. The van der Waals surface area contributed by atoms with Crippen LogP contribution in [0, 0.1) is 12.8 Å². The van der Waals surface area contributed by atoms with Crippen LogP contribution in [0.15, 0.2) is 18.2 Å². The number of rotatable bonds is 3. The molecular weight excluding hydrogens is 204 g/mol. The summed E-state index contributed by atoms with van der Waals surface area (Å²) in [6.07, 6.45) is -0.442. The van der Waals surface area contributed by atoms with Crippen LogP contribution < -0.4 is 11.1 Å². The lowest BCUT2D eigenvalue weighted by Gasteiger charge is -2.11. The van der Waals surface area contributed by atoms with E-state index in [0.717, 1.165) is 5.56 Å². The molecule has 0 radical (unpaired) electrons. The van der Waals surface area contributed by atoms with Crippen molar-refractivity contribution in [3.63, 3.8) is 0 Å². The maximum absolute atomic E-state index is 11.4. The van der Waals surface area contributed by atoms with E-state index in [2.05, 4.69) is 5.32 Å². The Labute approximate surface area is 95.8 Å². The summed E-state index contributed by atoms with van der Waals surface area (Å²) in [5.41, 5.74) is 7.89. The Hall–Kier alpha value is -1.71. The number of benzene rings is 1. The summed E-state index contributed by atoms with van der Waals surface area (Å²) in [7, 11) is 0. The minimum atomic E-state index is -0.442. The van der Waals surface area contributed by atoms with Crippen LogP contribution >= 0.6 is 0 Å². The first kappa shape index (κ1) is 12.4. The van der Waals surface area contributed by atoms with Crippen molar-refractivity contribution < 1.29 is 9.53 Å². The fourth-order valence-corrected chi connectivity index (χ4v) is 1.16. The van der Waals surface area contributed by atoms with E-state index in [9.17, 15) is 4.79 Å². The number of nitrogens with one attached hydrogen (secondary N) is 1. The molecule has 1 aromatic carbocycles. The summed E-state index contributed by atoms with van der Waals surface area (Å²) in [5, 5.41) is 2.67. The summed E-state index contributed by atoms with van der Waals surface area (Å²) in [4.78, 5) is 11.4. The summed E-state index contributed by atoms with van der Waals surface area (Å²) in [5.74, 6) is 0.327. The molecule has 0 spiro atoms. The highest BCUT2D eigenvalue weighted by atomic mass is 16.5. The van der Waals surface area contributed by atoms with E-state index in [1.165, 1.54) is 0 Å². The molecule has 0 saturated carbocycles. The Kier molecular flexibility index (Phi) is 4.17. The Morgan fingerprint density at radius 2 is 2.19 bits per heavy atom. The third-order valence-electron chi connectivity index (χ3n) is 2.05. The second-order valence-corrected chi connectivity index (χ2v) is 4.19. The van der Waals surface area contributed by atoms with E-state index < -0.39 is 6.09 Å². The molecule has 88 valence electrons. The molecular formula is C12H18N2O2. The van der Waals surface area contributed by atoms with Gasteiger partial charge in [0.1, 0.15) is 0 Å². The molecule has 3 N–H and O–H groups in total. The van der Waals surface area contributed by atoms with Crippen LogP contribution in [-0.4, -0.2) is 12.7 Å². The van der Waals surface area contributed by atoms with Crippen LogP contribution in [0.2, 0.25) is 0 Å². The highest BCUT2D eigenvalue weighted by molar-refractivity contribution is 5.86. The maximum Gasteiger partial charge on any atom is 0.411 e. The molecule has 16 heavy (non-hydrogen) atoms. The van der Waals surface area contributed by atoms with Crippen LogP contribution in [-0.2, 0) is 4.74 Å². The Morgan fingerprint density at radius 1 is 1.50 bits per heavy atom. The van der Waals surface area contributed by atoms with E-state index in [4.69, 9.17) is 10.5 Å². The van der Waals surface area contributed by atoms with Gasteiger partial charge in [0.15, 0.2) is 0 Å². The molecule has 0 fully saturated rings. The van der Waals surface area contributed by atoms with Gasteiger partial charge in [0.05, 0.1) is 6.61 Å². The first-order valence-corrected chi connectivity index (χ1v) is 5.29. The molecule has 0 bridgehead atoms. The van der Waals surface area contributed by atoms with E-state index in [1.807, 2.05) is 26.8 Å². The van der Waals surface area contributed by atoms with Gasteiger partial charge in [-0.25, -0.2) is 4.79 Å². The third-order valence-corrected chi connectivity index (χ3v) is 2.05. The van der Waals surface area contributed by atoms with Crippen LogP contribution in [0.5, 0.6) is 0 Å². The Morgan fingerprint density at radius 3 is 2.81 bits per heavy atom. The zero-order valence-electron chi connectivity index (χ0n) is 9.91. The van der Waals surface area contributed by atoms with Crippen molar-refractivity contribution in [2.24, 2.45) is 5.92 Å². The summed E-state index contributed by atoms with van der Waals surface area (Å²) < 4.78 is 5.01. The number of hydrogen-bond donors (Lipinski definition) is 2. The lowest BCUT2D eigenvalue weighted by Crippen LogP contribution is -2.17. The number of anilines is 2. The van der Waals surface area contributed by atoms with E-state index >= 15 is 0 Å². The standard InChI is InChI=1S/C12H18N2O2/c1-8(2)7-16-12(15)14-11-6-10(13)5-4-9(11)3/h4-6,8H,7,13H2,1-3H3,(H,14,15). The fourth-order valence-electron chi connectivity index (χ4n) is 1.16. The average Bonchev–Trinajstić information content (AvgIpc) is 2.20. The van der Waals surface area contributed by atoms with Crippen LogP contribution in [0.25, 0.3) is 0 Å². The van der Waals surface area contributed by atoms with Crippen molar-refractivity contribution >= 4 is 17.5 Å². The van der Waals surface area contributed by atoms with Crippen molar-refractivity contribution in [1.82, 2.24) is 0 Å². The SMILES string of the molecule is Cc1ccc(N)cc1NC(=O)OCC(C)C. The highest BCUT2D eigenvalue weighted by Crippen LogP contribution is 2.18. The molecule has 0 heterocycles. The summed E-state index contributed by atoms with van der Waals surface area (Å²) in [6.45, 7) is 6.28. The van der Waals surface area contributed by atoms with E-state index in [-0.39, 0.29) is 0 Å². The van der Waals surface area contributed by atoms with Crippen molar-refractivity contribution in [1.29, 1.82) is 0 Å². The fraction of sp³-hybridized carbons (Fsp3) is 0.417. The van der Waals surface area contributed by atoms with Crippen molar-refractivity contribution in [3.05, 3.63) is 23.8 Å². The van der Waals surface area contributed by atoms with Gasteiger partial charge in [0, 0.05) is 11.4 Å². The number of carbonyl (C=O) groups excluding carboxylic acids is 1. The minimum absolute atomic E-state index is 0.327. The van der Waals surface area contributed by atoms with Gasteiger partial charge in [-0.15, -0.1) is 0 Å². The smallest absolute Gasteiger partial charge is 0.411 e. The van der Waals surface area contributed by atoms with Gasteiger partial charge >= 0.3 is 6.09 Å². The van der Waals surface area contributed by atoms with Crippen molar-refractivity contribution in [3.8, 4) is 0 Å². The second-order valence-electron chi connectivity index (χ2n) is 4.19. The molecule has 1 amide bonds. The van der Waals surface area contributed by atoms with Crippen LogP contribution in [0.4, 0.5) is 16.2 Å². The van der Waals surface area contributed by atoms with E-state index in [1.54, 1.807) is 12.1 Å². The molecule has 0 atom stereocenters. The molecule has 0 aliphatic heterocycles. The van der Waals surface area contributed by atoms with Gasteiger partial charge in [-0.05, 0) is 30.5 Å². The van der Waals surface area contributed by atoms with Gasteiger partial charge in [-0.2, -0.15) is 0 Å². The van der Waals surface area contributed by atoms with E-state index in [0.29, 0.717) is 23.9 Å². The molecule has 1 rings (SSSR count). The summed E-state index contributed by atoms with van der Waals surface area (Å²) in [6, 6.07) is 5.36. The molecule has 4 heteroatoms. The second kappa shape index (κ2) is 5.39. The normalized spacial score (nSPS) is 10.2. The van der Waals surface area contributed by atoms with Gasteiger partial charge in [-0.1, -0.05) is 19.9 Å². The van der Waals surface area contributed by atoms with Crippen LogP contribution in [0.1, 0.15) is 19.4 Å². The molecule has 0 aliphatic rings. The number of carbonyl (C=O) groups is 1. The monoisotopic (exact) mass is 222 g/mol. The molecule has 0 aromatic heterocycles. The van der Waals surface area contributed by atoms with Crippen LogP contribution in [0.3, 0.4) is 0 Å². The lowest BCUT2D eigenvalue weighted by atomic mass is 10.2. The van der Waals surface area contributed by atoms with Crippen molar-refractivity contribution in [2.45, 2.75) is 20.8 Å². The zero-order valence-corrected chi connectivity index (χ0v) is 9.91. The summed E-state index contributed by atoms with van der Waals surface area (Å²) >= 11 is 0. The molecule has 1 aromatic rings. The topological polar surface area (TPSA) is 64.3 Å². The molecule has 0 saturated heterocycles. The number of aryl methyl sites for hydroxylation is 1. The first-order chi connectivity index (χ1) is 7.49. The Balaban J connectivity index is 2.59. The maximum atomic E-state index is 11.4. The molecule has 0 unspecified atom stereocenters. The average molecular weight is 222 g/mol. The highest BCUT2D eigenvalue weighted by Gasteiger charge is 2.06. The van der Waals surface area contributed by atoms with Gasteiger partial charge in [-0.3, -0.25) is 5.32 Å². The molecule has 0 aliphatic carbocycles. The zero-order chi connectivity index (χ0) is 12.1. The van der Waals surface area contributed by atoms with Crippen molar-refractivity contribution in [2.75, 3.05) is 17.7 Å². The quantitative estimate of drug-likeness (QED) is 0.773. The van der Waals surface area contributed by atoms with Gasteiger partial charge in [0.2, 0.25) is 0 Å². The first-order valence-electron chi connectivity index (χ1n) is 5.29. The lowest BCUT2D eigenvalue weighted by molar-refractivity contribution is 0.147. The van der Waals surface area contributed by atoms with Gasteiger partial charge < -0.3 is 10.5 Å². The predicted octanol–water partition coefficient (Wildman–Crippen LogP) is 2.78. The Bertz CT molecular complexity index is 375. The number of hydrogen-bond acceptors (Lipinski definition) is 3. The predicted molar refractivity (Wildman–Crippen MR) is 65.4 cm³/mol. The largest absolute Gasteiger partial charge is 0.449 e. The molecule has 4 nitrogen and oxygen atoms in total. The van der Waals surface area contributed by atoms with Gasteiger partial charge in [0.25, 0.3) is 0 Å². The number of nitrogen functional groups attached to an aromatic ring is 1. The number of nitrogens with two attached hydrogens (primary N) is 1. The number of ether oxygens (including phenoxy) is 1. The number of amides is 1. The minimum Gasteiger partial charge on any atom is -0.449 e.